The van der Waals surface area contributed by atoms with E-state index in [0.717, 1.165) is 38.6 Å². The van der Waals surface area contributed by atoms with Gasteiger partial charge in [-0.3, -0.25) is 4.79 Å². The highest BCUT2D eigenvalue weighted by Gasteiger charge is 2.34. The lowest BCUT2D eigenvalue weighted by Gasteiger charge is -2.35. The number of hydrogen-bond acceptors (Lipinski definition) is 4. The third-order valence-corrected chi connectivity index (χ3v) is 7.36. The summed E-state index contributed by atoms with van der Waals surface area (Å²) in [5.74, 6) is 0.211. The summed E-state index contributed by atoms with van der Waals surface area (Å²) in [5.41, 5.74) is 0. The second-order valence-corrected chi connectivity index (χ2v) is 8.67. The van der Waals surface area contributed by atoms with Gasteiger partial charge in [0.05, 0.1) is 4.90 Å². The molecule has 0 unspecified atom stereocenters. The van der Waals surface area contributed by atoms with Crippen molar-refractivity contribution in [1.82, 2.24) is 9.21 Å². The van der Waals surface area contributed by atoms with Crippen molar-refractivity contribution in [3.8, 4) is 0 Å². The molecular weight excluding hydrogens is 320 g/mol. The van der Waals surface area contributed by atoms with Crippen LogP contribution in [0.1, 0.15) is 38.5 Å². The fourth-order valence-corrected chi connectivity index (χ4v) is 6.10. The molecule has 0 spiro atoms. The maximum Gasteiger partial charge on any atom is 0.244 e. The van der Waals surface area contributed by atoms with Crippen molar-refractivity contribution in [2.45, 2.75) is 49.5 Å². The summed E-state index contributed by atoms with van der Waals surface area (Å²) in [6.45, 7) is 2.10. The van der Waals surface area contributed by atoms with Crippen LogP contribution in [0.15, 0.2) is 21.7 Å². The van der Waals surface area contributed by atoms with E-state index in [0.29, 0.717) is 24.4 Å². The normalized spacial score (nSPS) is 24.1. The molecule has 3 rings (SSSR count). The van der Waals surface area contributed by atoms with Crippen LogP contribution in [-0.2, 0) is 14.8 Å². The van der Waals surface area contributed by atoms with Crippen LogP contribution < -0.4 is 0 Å². The summed E-state index contributed by atoms with van der Waals surface area (Å²) in [4.78, 5) is 14.0. The fraction of sp³-hybridized carbons (Fsp3) is 0.667. The van der Waals surface area contributed by atoms with Crippen molar-refractivity contribution in [3.05, 3.63) is 16.8 Å². The third-order valence-electron chi connectivity index (χ3n) is 4.58. The number of rotatable bonds is 5. The van der Waals surface area contributed by atoms with Gasteiger partial charge in [0, 0.05) is 37.5 Å². The summed E-state index contributed by atoms with van der Waals surface area (Å²) in [7, 11) is -3.39. The first kappa shape index (κ1) is 16.0. The quantitative estimate of drug-likeness (QED) is 0.825. The molecule has 0 N–H and O–H groups in total. The zero-order valence-corrected chi connectivity index (χ0v) is 14.2. The van der Waals surface area contributed by atoms with E-state index >= 15 is 0 Å². The summed E-state index contributed by atoms with van der Waals surface area (Å²) in [6, 6.07) is 1.70. The summed E-state index contributed by atoms with van der Waals surface area (Å²) in [6.07, 6.45) is 5.19. The van der Waals surface area contributed by atoms with Crippen LogP contribution in [-0.4, -0.2) is 49.2 Å². The van der Waals surface area contributed by atoms with Gasteiger partial charge in [-0.25, -0.2) is 8.42 Å². The SMILES string of the molecule is O=C1CCCN1CC[C@H]1CCCCN1S(=O)(=O)c1ccsc1. The molecule has 0 saturated carbocycles. The Balaban J connectivity index is 1.70. The zero-order valence-electron chi connectivity index (χ0n) is 12.6. The smallest absolute Gasteiger partial charge is 0.244 e. The first-order chi connectivity index (χ1) is 10.6. The van der Waals surface area contributed by atoms with Gasteiger partial charge in [-0.05, 0) is 37.1 Å². The molecule has 5 nitrogen and oxygen atoms in total. The van der Waals surface area contributed by atoms with E-state index in [1.807, 2.05) is 4.90 Å². The number of hydrogen-bond donors (Lipinski definition) is 0. The molecular formula is C15H22N2O3S2. The number of thiophene rings is 1. The molecule has 0 bridgehead atoms. The average Bonchev–Trinajstić information content (AvgIpc) is 3.17. The molecule has 7 heteroatoms. The summed E-state index contributed by atoms with van der Waals surface area (Å²) in [5, 5.41) is 3.50. The molecule has 2 aliphatic heterocycles. The number of piperidine rings is 1. The molecule has 2 saturated heterocycles. The molecule has 2 aliphatic rings. The van der Waals surface area contributed by atoms with Gasteiger partial charge in [0.1, 0.15) is 0 Å². The van der Waals surface area contributed by atoms with E-state index in [4.69, 9.17) is 0 Å². The van der Waals surface area contributed by atoms with Crippen LogP contribution in [0.3, 0.4) is 0 Å². The van der Waals surface area contributed by atoms with Crippen LogP contribution in [0.4, 0.5) is 0 Å². The topological polar surface area (TPSA) is 57.7 Å². The molecule has 0 radical (unpaired) electrons. The molecule has 0 aromatic carbocycles. The molecule has 122 valence electrons. The predicted octanol–water partition coefficient (Wildman–Crippen LogP) is 2.30. The van der Waals surface area contributed by atoms with Gasteiger partial charge >= 0.3 is 0 Å². The molecule has 1 aromatic rings. The maximum absolute atomic E-state index is 12.8. The number of carbonyl (C=O) groups excluding carboxylic acids is 1. The minimum absolute atomic E-state index is 0.0204. The molecule has 1 atom stereocenters. The lowest BCUT2D eigenvalue weighted by Crippen LogP contribution is -2.45. The van der Waals surface area contributed by atoms with Crippen molar-refractivity contribution in [2.75, 3.05) is 19.6 Å². The maximum atomic E-state index is 12.8. The zero-order chi connectivity index (χ0) is 15.6. The van der Waals surface area contributed by atoms with Gasteiger partial charge < -0.3 is 4.90 Å². The van der Waals surface area contributed by atoms with E-state index in [-0.39, 0.29) is 11.9 Å². The molecule has 1 amide bonds. The van der Waals surface area contributed by atoms with Gasteiger partial charge in [0.2, 0.25) is 15.9 Å². The fourth-order valence-electron chi connectivity index (χ4n) is 3.36. The molecule has 3 heterocycles. The largest absolute Gasteiger partial charge is 0.343 e. The summed E-state index contributed by atoms with van der Waals surface area (Å²) >= 11 is 1.41. The van der Waals surface area contributed by atoms with Gasteiger partial charge in [-0.1, -0.05) is 6.42 Å². The van der Waals surface area contributed by atoms with Crippen molar-refractivity contribution in [1.29, 1.82) is 0 Å². The number of likely N-dealkylation sites (tertiary alicyclic amines) is 1. The Hall–Kier alpha value is -0.920. The van der Waals surface area contributed by atoms with E-state index < -0.39 is 10.0 Å². The van der Waals surface area contributed by atoms with Crippen molar-refractivity contribution in [2.24, 2.45) is 0 Å². The highest BCUT2D eigenvalue weighted by molar-refractivity contribution is 7.89. The molecule has 0 aliphatic carbocycles. The van der Waals surface area contributed by atoms with Crippen LogP contribution >= 0.6 is 11.3 Å². The van der Waals surface area contributed by atoms with Crippen molar-refractivity contribution < 1.29 is 13.2 Å². The molecule has 22 heavy (non-hydrogen) atoms. The monoisotopic (exact) mass is 342 g/mol. The summed E-state index contributed by atoms with van der Waals surface area (Å²) < 4.78 is 27.2. The van der Waals surface area contributed by atoms with Gasteiger partial charge in [-0.2, -0.15) is 15.6 Å². The number of carbonyl (C=O) groups is 1. The highest BCUT2D eigenvalue weighted by atomic mass is 32.2. The first-order valence-electron chi connectivity index (χ1n) is 7.91. The predicted molar refractivity (Wildman–Crippen MR) is 86.3 cm³/mol. The minimum Gasteiger partial charge on any atom is -0.343 e. The van der Waals surface area contributed by atoms with Crippen LogP contribution in [0.2, 0.25) is 0 Å². The number of amides is 1. The van der Waals surface area contributed by atoms with Crippen LogP contribution in [0.5, 0.6) is 0 Å². The lowest BCUT2D eigenvalue weighted by molar-refractivity contribution is -0.127. The Morgan fingerprint density at radius 3 is 2.77 bits per heavy atom. The van der Waals surface area contributed by atoms with E-state index in [9.17, 15) is 13.2 Å². The van der Waals surface area contributed by atoms with Crippen LogP contribution in [0, 0.1) is 0 Å². The average molecular weight is 342 g/mol. The third kappa shape index (κ3) is 3.21. The van der Waals surface area contributed by atoms with Gasteiger partial charge in [-0.15, -0.1) is 0 Å². The van der Waals surface area contributed by atoms with Crippen LogP contribution in [0.25, 0.3) is 0 Å². The second kappa shape index (κ2) is 6.68. The Morgan fingerprint density at radius 2 is 2.09 bits per heavy atom. The Morgan fingerprint density at radius 1 is 1.23 bits per heavy atom. The lowest BCUT2D eigenvalue weighted by atomic mass is 10.0. The Kier molecular flexibility index (Phi) is 4.84. The minimum atomic E-state index is -3.39. The van der Waals surface area contributed by atoms with Crippen molar-refractivity contribution in [3.63, 3.8) is 0 Å². The van der Waals surface area contributed by atoms with Gasteiger partial charge in [0.15, 0.2) is 0 Å². The van der Waals surface area contributed by atoms with Crippen molar-refractivity contribution >= 4 is 27.3 Å². The molecule has 2 fully saturated rings. The molecule has 1 aromatic heterocycles. The van der Waals surface area contributed by atoms with E-state index in [1.54, 1.807) is 21.1 Å². The standard InChI is InChI=1S/C15H22N2O3S2/c18-15-5-3-8-16(15)10-6-13-4-1-2-9-17(13)22(19,20)14-7-11-21-12-14/h7,11-13H,1-6,8-10H2/t13-/m1/s1. The first-order valence-corrected chi connectivity index (χ1v) is 10.3. The van der Waals surface area contributed by atoms with E-state index in [2.05, 4.69) is 0 Å². The second-order valence-electron chi connectivity index (χ2n) is 6.00. The number of nitrogens with zero attached hydrogens (tertiary/aromatic N) is 2. The Labute approximate surface area is 136 Å². The van der Waals surface area contributed by atoms with E-state index in [1.165, 1.54) is 11.3 Å². The number of sulfonamides is 1. The van der Waals surface area contributed by atoms with Gasteiger partial charge in [0.25, 0.3) is 0 Å². The highest BCUT2D eigenvalue weighted by Crippen LogP contribution is 2.28. The Bertz CT molecular complexity index is 613.